The highest BCUT2D eigenvalue weighted by atomic mass is 32.2. The number of rotatable bonds is 6. The van der Waals surface area contributed by atoms with Crippen molar-refractivity contribution in [2.24, 2.45) is 0 Å². The van der Waals surface area contributed by atoms with Crippen molar-refractivity contribution in [2.45, 2.75) is 19.1 Å². The zero-order chi connectivity index (χ0) is 17.5. The zero-order valence-electron chi connectivity index (χ0n) is 13.5. The van der Waals surface area contributed by atoms with E-state index >= 15 is 0 Å². The molecule has 0 spiro atoms. The first-order valence-corrected chi connectivity index (χ1v) is 8.54. The SMILES string of the molecule is Cc1ccccc1NC(=O)[C@@H](C)SCC(=O)Nc1ccc(F)cc1. The van der Waals surface area contributed by atoms with Gasteiger partial charge in [-0.25, -0.2) is 4.39 Å². The molecule has 1 atom stereocenters. The van der Waals surface area contributed by atoms with Crippen molar-refractivity contribution in [3.05, 3.63) is 59.9 Å². The summed E-state index contributed by atoms with van der Waals surface area (Å²) in [5.74, 6) is -0.602. The van der Waals surface area contributed by atoms with Crippen LogP contribution in [0.25, 0.3) is 0 Å². The van der Waals surface area contributed by atoms with Crippen LogP contribution in [0.4, 0.5) is 15.8 Å². The molecule has 0 aliphatic heterocycles. The molecule has 126 valence electrons. The van der Waals surface area contributed by atoms with Crippen molar-refractivity contribution in [3.63, 3.8) is 0 Å². The van der Waals surface area contributed by atoms with Gasteiger partial charge in [-0.3, -0.25) is 9.59 Å². The molecule has 0 aromatic heterocycles. The molecule has 0 saturated heterocycles. The van der Waals surface area contributed by atoms with E-state index < -0.39 is 0 Å². The molecule has 0 bridgehead atoms. The number of nitrogens with one attached hydrogen (secondary N) is 2. The van der Waals surface area contributed by atoms with Gasteiger partial charge in [-0.2, -0.15) is 0 Å². The fourth-order valence-corrected chi connectivity index (χ4v) is 2.64. The summed E-state index contributed by atoms with van der Waals surface area (Å²) in [7, 11) is 0. The number of para-hydroxylation sites is 1. The van der Waals surface area contributed by atoms with Gasteiger partial charge in [-0.1, -0.05) is 18.2 Å². The molecule has 0 heterocycles. The van der Waals surface area contributed by atoms with E-state index in [0.29, 0.717) is 5.69 Å². The summed E-state index contributed by atoms with van der Waals surface area (Å²) < 4.78 is 12.8. The van der Waals surface area contributed by atoms with E-state index in [-0.39, 0.29) is 28.6 Å². The Morgan fingerprint density at radius 3 is 2.42 bits per heavy atom. The summed E-state index contributed by atoms with van der Waals surface area (Å²) in [4.78, 5) is 24.0. The molecule has 0 fully saturated rings. The molecule has 2 amide bonds. The average Bonchev–Trinajstić information content (AvgIpc) is 2.56. The number of carbonyl (C=O) groups excluding carboxylic acids is 2. The van der Waals surface area contributed by atoms with Crippen molar-refractivity contribution >= 4 is 35.0 Å². The predicted molar refractivity (Wildman–Crippen MR) is 96.8 cm³/mol. The predicted octanol–water partition coefficient (Wildman–Crippen LogP) is 3.83. The highest BCUT2D eigenvalue weighted by Crippen LogP contribution is 2.17. The molecule has 2 N–H and O–H groups in total. The number of aryl methyl sites for hydroxylation is 1. The molecule has 4 nitrogen and oxygen atoms in total. The van der Waals surface area contributed by atoms with Crippen LogP contribution in [0.1, 0.15) is 12.5 Å². The zero-order valence-corrected chi connectivity index (χ0v) is 14.3. The van der Waals surface area contributed by atoms with Gasteiger partial charge in [0.05, 0.1) is 11.0 Å². The van der Waals surface area contributed by atoms with Gasteiger partial charge in [0.15, 0.2) is 0 Å². The minimum Gasteiger partial charge on any atom is -0.325 e. The lowest BCUT2D eigenvalue weighted by Crippen LogP contribution is -2.25. The van der Waals surface area contributed by atoms with Crippen molar-refractivity contribution in [2.75, 3.05) is 16.4 Å². The largest absolute Gasteiger partial charge is 0.325 e. The van der Waals surface area contributed by atoms with Gasteiger partial charge in [0, 0.05) is 11.4 Å². The Bertz CT molecular complexity index is 719. The van der Waals surface area contributed by atoms with Gasteiger partial charge >= 0.3 is 0 Å². The van der Waals surface area contributed by atoms with Crippen LogP contribution in [0.5, 0.6) is 0 Å². The van der Waals surface area contributed by atoms with Gasteiger partial charge < -0.3 is 10.6 Å². The first kappa shape index (κ1) is 18.0. The lowest BCUT2D eigenvalue weighted by Gasteiger charge is -2.13. The summed E-state index contributed by atoms with van der Waals surface area (Å²) in [6.45, 7) is 3.67. The second kappa shape index (κ2) is 8.49. The fraction of sp³-hybridized carbons (Fsp3) is 0.222. The topological polar surface area (TPSA) is 58.2 Å². The van der Waals surface area contributed by atoms with E-state index in [1.807, 2.05) is 31.2 Å². The molecule has 24 heavy (non-hydrogen) atoms. The molecule has 0 saturated carbocycles. The Morgan fingerprint density at radius 2 is 1.75 bits per heavy atom. The van der Waals surface area contributed by atoms with Gasteiger partial charge in [0.25, 0.3) is 0 Å². The molecule has 6 heteroatoms. The number of hydrogen-bond donors (Lipinski definition) is 2. The van der Waals surface area contributed by atoms with Gasteiger partial charge in [0.2, 0.25) is 11.8 Å². The van der Waals surface area contributed by atoms with Gasteiger partial charge in [-0.05, 0) is 49.7 Å². The molecular weight excluding hydrogens is 327 g/mol. The maximum absolute atomic E-state index is 12.8. The first-order valence-electron chi connectivity index (χ1n) is 7.49. The van der Waals surface area contributed by atoms with Crippen LogP contribution < -0.4 is 10.6 Å². The molecule has 2 aromatic rings. The van der Waals surface area contributed by atoms with E-state index in [9.17, 15) is 14.0 Å². The van der Waals surface area contributed by atoms with E-state index in [2.05, 4.69) is 10.6 Å². The number of thioether (sulfide) groups is 1. The Morgan fingerprint density at radius 1 is 1.08 bits per heavy atom. The van der Waals surface area contributed by atoms with Crippen LogP contribution in [-0.2, 0) is 9.59 Å². The maximum Gasteiger partial charge on any atom is 0.237 e. The fourth-order valence-electron chi connectivity index (χ4n) is 1.95. The number of amides is 2. The molecule has 2 aromatic carbocycles. The van der Waals surface area contributed by atoms with E-state index in [1.165, 1.54) is 36.0 Å². The second-order valence-electron chi connectivity index (χ2n) is 5.31. The Labute approximate surface area is 144 Å². The number of carbonyl (C=O) groups is 2. The highest BCUT2D eigenvalue weighted by molar-refractivity contribution is 8.01. The van der Waals surface area contributed by atoms with Crippen molar-refractivity contribution in [1.82, 2.24) is 0 Å². The summed E-state index contributed by atoms with van der Waals surface area (Å²) in [5, 5.41) is 5.15. The van der Waals surface area contributed by atoms with Gasteiger partial charge in [0.1, 0.15) is 5.82 Å². The van der Waals surface area contributed by atoms with Crippen molar-refractivity contribution < 1.29 is 14.0 Å². The van der Waals surface area contributed by atoms with E-state index in [0.717, 1.165) is 11.3 Å². The molecule has 2 rings (SSSR count). The van der Waals surface area contributed by atoms with Crippen LogP contribution in [0.2, 0.25) is 0 Å². The highest BCUT2D eigenvalue weighted by Gasteiger charge is 2.16. The summed E-state index contributed by atoms with van der Waals surface area (Å²) in [5.41, 5.74) is 2.28. The first-order chi connectivity index (χ1) is 11.5. The smallest absolute Gasteiger partial charge is 0.237 e. The number of hydrogen-bond acceptors (Lipinski definition) is 3. The molecule has 0 aliphatic carbocycles. The van der Waals surface area contributed by atoms with Crippen molar-refractivity contribution in [1.29, 1.82) is 0 Å². The van der Waals surface area contributed by atoms with E-state index in [4.69, 9.17) is 0 Å². The number of benzene rings is 2. The monoisotopic (exact) mass is 346 g/mol. The van der Waals surface area contributed by atoms with Crippen LogP contribution in [0, 0.1) is 12.7 Å². The summed E-state index contributed by atoms with van der Waals surface area (Å²) in [6.07, 6.45) is 0. The Kier molecular flexibility index (Phi) is 6.37. The summed E-state index contributed by atoms with van der Waals surface area (Å²) in [6, 6.07) is 13.1. The minimum absolute atomic E-state index is 0.139. The Balaban J connectivity index is 1.80. The number of halogens is 1. The quantitative estimate of drug-likeness (QED) is 0.836. The maximum atomic E-state index is 12.8. The van der Waals surface area contributed by atoms with Crippen LogP contribution >= 0.6 is 11.8 Å². The normalized spacial score (nSPS) is 11.6. The molecule has 0 unspecified atom stereocenters. The third kappa shape index (κ3) is 5.38. The molecule has 0 radical (unpaired) electrons. The van der Waals surface area contributed by atoms with Crippen molar-refractivity contribution in [3.8, 4) is 0 Å². The molecule has 0 aliphatic rings. The lowest BCUT2D eigenvalue weighted by atomic mass is 10.2. The third-order valence-electron chi connectivity index (χ3n) is 3.36. The second-order valence-corrected chi connectivity index (χ2v) is 6.64. The van der Waals surface area contributed by atoms with Gasteiger partial charge in [-0.15, -0.1) is 11.8 Å². The summed E-state index contributed by atoms with van der Waals surface area (Å²) >= 11 is 1.24. The molecular formula is C18H19FN2O2S. The lowest BCUT2D eigenvalue weighted by molar-refractivity contribution is -0.115. The van der Waals surface area contributed by atoms with Crippen LogP contribution in [0.3, 0.4) is 0 Å². The average molecular weight is 346 g/mol. The van der Waals surface area contributed by atoms with Crippen LogP contribution in [-0.4, -0.2) is 22.8 Å². The Hall–Kier alpha value is -2.34. The van der Waals surface area contributed by atoms with E-state index in [1.54, 1.807) is 6.92 Å². The third-order valence-corrected chi connectivity index (χ3v) is 4.51. The van der Waals surface area contributed by atoms with Crippen LogP contribution in [0.15, 0.2) is 48.5 Å². The standard InChI is InChI=1S/C18H19FN2O2S/c1-12-5-3-4-6-16(12)21-18(23)13(2)24-11-17(22)20-15-9-7-14(19)8-10-15/h3-10,13H,11H2,1-2H3,(H,20,22)(H,21,23)/t13-/m1/s1. The number of anilines is 2. The minimum atomic E-state index is -0.372.